The van der Waals surface area contributed by atoms with E-state index in [9.17, 15) is 19.2 Å². The van der Waals surface area contributed by atoms with Crippen molar-refractivity contribution >= 4 is 35.1 Å². The number of nitrogens with zero attached hydrogens (tertiary/aromatic N) is 3. The number of anilines is 1. The van der Waals surface area contributed by atoms with Crippen LogP contribution >= 0.6 is 0 Å². The number of hydrogen-bond donors (Lipinski definition) is 2. The van der Waals surface area contributed by atoms with Crippen LogP contribution in [0.2, 0.25) is 0 Å². The summed E-state index contributed by atoms with van der Waals surface area (Å²) in [7, 11) is 0. The molecule has 216 valence electrons. The topological polar surface area (TPSA) is 113 Å². The van der Waals surface area contributed by atoms with Crippen LogP contribution in [0.1, 0.15) is 101 Å². The zero-order chi connectivity index (χ0) is 30.1. The number of piperidine rings is 1. The minimum absolute atomic E-state index is 0.0627. The average Bonchev–Trinajstić information content (AvgIpc) is 3.31. The summed E-state index contributed by atoms with van der Waals surface area (Å²) in [6.45, 7) is 17.4. The van der Waals surface area contributed by atoms with Crippen molar-refractivity contribution < 1.29 is 19.2 Å². The van der Waals surface area contributed by atoms with Crippen LogP contribution in [0, 0.1) is 5.41 Å². The van der Waals surface area contributed by atoms with Crippen LogP contribution in [0.3, 0.4) is 0 Å². The molecule has 4 amide bonds. The molecule has 0 radical (unpaired) electrons. The minimum atomic E-state index is -1.01. The summed E-state index contributed by atoms with van der Waals surface area (Å²) < 4.78 is 2.03. The van der Waals surface area contributed by atoms with Crippen LogP contribution in [-0.2, 0) is 15.0 Å². The molecule has 4 heterocycles. The van der Waals surface area contributed by atoms with Gasteiger partial charge in [-0.25, -0.2) is 4.98 Å². The van der Waals surface area contributed by atoms with E-state index in [-0.39, 0.29) is 40.3 Å². The number of pyridine rings is 1. The highest BCUT2D eigenvalue weighted by atomic mass is 16.2. The molecule has 9 nitrogen and oxygen atoms in total. The number of fused-ring (bicyclic) bond motifs is 2. The van der Waals surface area contributed by atoms with Gasteiger partial charge in [0.1, 0.15) is 23.2 Å². The van der Waals surface area contributed by atoms with Crippen molar-refractivity contribution in [3.63, 3.8) is 0 Å². The fourth-order valence-corrected chi connectivity index (χ4v) is 6.14. The number of benzene rings is 1. The minimum Gasteiger partial charge on any atom is -0.364 e. The standard InChI is InChI=1S/C32H39N5O4/c1-30(2,3)17-32(7,8)35-26-25(33-23-16-19(31(4,5)6)13-14-36(23)26)18-9-10-20-21(15-18)29(41)37(28(20)40)22-11-12-24(38)34-27(22)39/h9-10,13-16,22,35H,11-12,17H2,1-8H3,(H,34,38,39). The number of hydrogen-bond acceptors (Lipinski definition) is 6. The fourth-order valence-electron chi connectivity index (χ4n) is 6.14. The van der Waals surface area contributed by atoms with Gasteiger partial charge >= 0.3 is 0 Å². The molecule has 41 heavy (non-hydrogen) atoms. The number of imidazole rings is 1. The molecular formula is C32H39N5O4. The predicted octanol–water partition coefficient (Wildman–Crippen LogP) is 5.33. The van der Waals surface area contributed by atoms with Crippen molar-refractivity contribution in [1.82, 2.24) is 19.6 Å². The van der Waals surface area contributed by atoms with Gasteiger partial charge in [-0.15, -0.1) is 0 Å². The largest absolute Gasteiger partial charge is 0.364 e. The van der Waals surface area contributed by atoms with Crippen LogP contribution < -0.4 is 10.6 Å². The first-order valence-electron chi connectivity index (χ1n) is 14.1. The Morgan fingerprint density at radius 3 is 2.24 bits per heavy atom. The van der Waals surface area contributed by atoms with Crippen molar-refractivity contribution in [3.8, 4) is 11.3 Å². The second kappa shape index (κ2) is 9.53. The van der Waals surface area contributed by atoms with Crippen LogP contribution in [0.25, 0.3) is 16.9 Å². The van der Waals surface area contributed by atoms with Gasteiger partial charge in [0.2, 0.25) is 11.8 Å². The molecule has 1 unspecified atom stereocenters. The van der Waals surface area contributed by atoms with Gasteiger partial charge in [-0.1, -0.05) is 47.6 Å². The summed E-state index contributed by atoms with van der Waals surface area (Å²) in [5.41, 5.74) is 3.48. The van der Waals surface area contributed by atoms with E-state index in [0.29, 0.717) is 11.3 Å². The van der Waals surface area contributed by atoms with E-state index in [1.165, 1.54) is 0 Å². The molecule has 2 aromatic heterocycles. The second-order valence-electron chi connectivity index (χ2n) is 14.2. The Bertz CT molecular complexity index is 1600. The molecule has 0 saturated carbocycles. The molecule has 0 bridgehead atoms. The summed E-state index contributed by atoms with van der Waals surface area (Å²) in [6.07, 6.45) is 3.11. The quantitative estimate of drug-likeness (QED) is 0.410. The molecule has 0 spiro atoms. The third kappa shape index (κ3) is 5.37. The molecule has 1 fully saturated rings. The average molecular weight is 558 g/mol. The summed E-state index contributed by atoms with van der Waals surface area (Å²) >= 11 is 0. The van der Waals surface area contributed by atoms with E-state index in [1.807, 2.05) is 10.6 Å². The number of imide groups is 2. The smallest absolute Gasteiger partial charge is 0.262 e. The van der Waals surface area contributed by atoms with Gasteiger partial charge in [-0.05, 0) is 67.3 Å². The number of aromatic nitrogens is 2. The van der Waals surface area contributed by atoms with Gasteiger partial charge < -0.3 is 5.32 Å². The van der Waals surface area contributed by atoms with Crippen molar-refractivity contribution in [1.29, 1.82) is 0 Å². The maximum Gasteiger partial charge on any atom is 0.262 e. The molecule has 0 aliphatic carbocycles. The molecule has 5 rings (SSSR count). The first kappa shape index (κ1) is 28.5. The Hall–Kier alpha value is -4.01. The lowest BCUT2D eigenvalue weighted by Gasteiger charge is -2.34. The lowest BCUT2D eigenvalue weighted by molar-refractivity contribution is -0.136. The van der Waals surface area contributed by atoms with Crippen LogP contribution in [0.4, 0.5) is 5.82 Å². The number of amides is 4. The van der Waals surface area contributed by atoms with Crippen LogP contribution in [-0.4, -0.2) is 49.5 Å². The van der Waals surface area contributed by atoms with Crippen molar-refractivity contribution in [2.45, 2.75) is 91.6 Å². The summed E-state index contributed by atoms with van der Waals surface area (Å²) in [5, 5.41) is 5.98. The molecule has 2 aliphatic heterocycles. The molecule has 3 aromatic rings. The normalized spacial score (nSPS) is 18.2. The summed E-state index contributed by atoms with van der Waals surface area (Å²) in [6, 6.07) is 8.29. The van der Waals surface area contributed by atoms with E-state index in [4.69, 9.17) is 4.98 Å². The van der Waals surface area contributed by atoms with Gasteiger partial charge in [-0.3, -0.25) is 33.8 Å². The fraction of sp³-hybridized carbons (Fsp3) is 0.469. The van der Waals surface area contributed by atoms with E-state index < -0.39 is 29.7 Å². The molecule has 1 aromatic carbocycles. The van der Waals surface area contributed by atoms with Crippen molar-refractivity contribution in [3.05, 3.63) is 53.2 Å². The van der Waals surface area contributed by atoms with Gasteiger partial charge in [0.15, 0.2) is 0 Å². The zero-order valence-electron chi connectivity index (χ0n) is 25.1. The third-order valence-electron chi connectivity index (χ3n) is 7.63. The highest BCUT2D eigenvalue weighted by Gasteiger charge is 2.44. The highest BCUT2D eigenvalue weighted by Crippen LogP contribution is 2.38. The van der Waals surface area contributed by atoms with Crippen molar-refractivity contribution in [2.75, 3.05) is 5.32 Å². The summed E-state index contributed by atoms with van der Waals surface area (Å²) in [5.74, 6) is -1.30. The lowest BCUT2D eigenvalue weighted by Crippen LogP contribution is -2.54. The molecule has 2 aliphatic rings. The van der Waals surface area contributed by atoms with Gasteiger partial charge in [0.05, 0.1) is 11.1 Å². The Morgan fingerprint density at radius 1 is 0.927 bits per heavy atom. The summed E-state index contributed by atoms with van der Waals surface area (Å²) in [4.78, 5) is 56.9. The van der Waals surface area contributed by atoms with Gasteiger partial charge in [-0.2, -0.15) is 0 Å². The predicted molar refractivity (Wildman–Crippen MR) is 158 cm³/mol. The van der Waals surface area contributed by atoms with Crippen LogP contribution in [0.5, 0.6) is 0 Å². The Labute approximate surface area is 240 Å². The Balaban J connectivity index is 1.60. The Morgan fingerprint density at radius 2 is 1.61 bits per heavy atom. The van der Waals surface area contributed by atoms with E-state index in [2.05, 4.69) is 78.2 Å². The molecule has 2 N–H and O–H groups in total. The SMILES string of the molecule is CC(C)(C)CC(C)(C)Nc1c(-c2ccc3c(c2)C(=O)N(C2CCC(=O)NC2=O)C3=O)nc2cc(C(C)(C)C)ccn12. The molecule has 9 heteroatoms. The molecular weight excluding hydrogens is 518 g/mol. The maximum absolute atomic E-state index is 13.5. The van der Waals surface area contributed by atoms with Gasteiger partial charge in [0.25, 0.3) is 11.8 Å². The number of rotatable bonds is 5. The van der Waals surface area contributed by atoms with Crippen molar-refractivity contribution in [2.24, 2.45) is 5.41 Å². The zero-order valence-corrected chi connectivity index (χ0v) is 25.1. The number of nitrogens with one attached hydrogen (secondary N) is 2. The van der Waals surface area contributed by atoms with E-state index in [0.717, 1.165) is 28.3 Å². The van der Waals surface area contributed by atoms with E-state index >= 15 is 0 Å². The van der Waals surface area contributed by atoms with Gasteiger partial charge in [0, 0.05) is 23.7 Å². The number of carbonyl (C=O) groups is 4. The number of carbonyl (C=O) groups excluding carboxylic acids is 4. The Kier molecular flexibility index (Phi) is 6.63. The maximum atomic E-state index is 13.5. The van der Waals surface area contributed by atoms with Crippen LogP contribution in [0.15, 0.2) is 36.5 Å². The first-order valence-corrected chi connectivity index (χ1v) is 14.1. The third-order valence-corrected chi connectivity index (χ3v) is 7.63. The monoisotopic (exact) mass is 557 g/mol. The van der Waals surface area contributed by atoms with E-state index in [1.54, 1.807) is 18.2 Å². The first-order chi connectivity index (χ1) is 18.9. The molecule has 1 saturated heterocycles. The second-order valence-corrected chi connectivity index (χ2v) is 14.2. The lowest BCUT2D eigenvalue weighted by atomic mass is 9.82. The molecule has 1 atom stereocenters. The highest BCUT2D eigenvalue weighted by molar-refractivity contribution is 6.23.